The van der Waals surface area contributed by atoms with E-state index in [-0.39, 0.29) is 61.0 Å². The predicted octanol–water partition coefficient (Wildman–Crippen LogP) is 4.66. The first-order chi connectivity index (χ1) is 23.0. The number of anilines is 1. The fraction of sp³-hybridized carbons (Fsp3) is 0.324. The van der Waals surface area contributed by atoms with Crippen LogP contribution in [0.3, 0.4) is 0 Å². The molecular formula is C34H32F2N4O8. The zero-order chi connectivity index (χ0) is 33.9. The smallest absolute Gasteiger partial charge is 0.411 e. The molecule has 1 atom stereocenters. The van der Waals surface area contributed by atoms with Gasteiger partial charge in [-0.05, 0) is 48.4 Å². The minimum absolute atomic E-state index is 0.0327. The number of nitrogens with one attached hydrogen (secondary N) is 2. The Morgan fingerprint density at radius 3 is 2.35 bits per heavy atom. The topological polar surface area (TPSA) is 144 Å². The number of halogens is 2. The summed E-state index contributed by atoms with van der Waals surface area (Å²) in [7, 11) is 0. The number of imide groups is 1. The molecule has 0 radical (unpaired) electrons. The zero-order valence-corrected chi connectivity index (χ0v) is 25.9. The van der Waals surface area contributed by atoms with E-state index >= 15 is 0 Å². The lowest BCUT2D eigenvalue weighted by Crippen LogP contribution is -2.52. The average molecular weight is 663 g/mol. The number of ether oxygens (including phenoxy) is 3. The summed E-state index contributed by atoms with van der Waals surface area (Å²) in [4.78, 5) is 65.9. The highest BCUT2D eigenvalue weighted by molar-refractivity contribution is 6.06. The van der Waals surface area contributed by atoms with E-state index in [0.717, 1.165) is 12.1 Å². The van der Waals surface area contributed by atoms with Crippen LogP contribution >= 0.6 is 0 Å². The molecule has 2 fully saturated rings. The number of likely N-dealkylation sites (tertiary alicyclic amines) is 1. The number of hydrogen-bond donors (Lipinski definition) is 2. The molecule has 6 rings (SSSR count). The molecule has 0 bridgehead atoms. The summed E-state index contributed by atoms with van der Waals surface area (Å²) in [5.74, 6) is -2.73. The van der Waals surface area contributed by atoms with Crippen molar-refractivity contribution in [2.24, 2.45) is 0 Å². The number of carbonyl (C=O) groups excluding carboxylic acids is 5. The van der Waals surface area contributed by atoms with Crippen LogP contribution in [0.15, 0.2) is 54.6 Å². The molecule has 5 amide bonds. The first-order valence-electron chi connectivity index (χ1n) is 15.4. The van der Waals surface area contributed by atoms with Crippen molar-refractivity contribution in [1.82, 2.24) is 15.1 Å². The molecule has 3 aliphatic heterocycles. The molecule has 3 aliphatic rings. The predicted molar refractivity (Wildman–Crippen MR) is 165 cm³/mol. The van der Waals surface area contributed by atoms with Gasteiger partial charge in [-0.25, -0.2) is 13.6 Å². The molecule has 1 unspecified atom stereocenters. The van der Waals surface area contributed by atoms with Crippen LogP contribution in [0.5, 0.6) is 17.2 Å². The molecule has 2 N–H and O–H groups in total. The summed E-state index contributed by atoms with van der Waals surface area (Å²) < 4.78 is 44.1. The van der Waals surface area contributed by atoms with Crippen molar-refractivity contribution in [3.05, 3.63) is 82.9 Å². The van der Waals surface area contributed by atoms with Crippen LogP contribution in [0.25, 0.3) is 0 Å². The number of rotatable bonds is 8. The zero-order valence-electron chi connectivity index (χ0n) is 25.9. The van der Waals surface area contributed by atoms with Gasteiger partial charge in [0.1, 0.15) is 36.0 Å². The largest absolute Gasteiger partial charge is 0.489 e. The maximum Gasteiger partial charge on any atom is 0.411 e. The minimum Gasteiger partial charge on any atom is -0.489 e. The molecule has 250 valence electrons. The van der Waals surface area contributed by atoms with E-state index in [1.807, 2.05) is 0 Å². The highest BCUT2D eigenvalue weighted by atomic mass is 19.2. The summed E-state index contributed by atoms with van der Waals surface area (Å²) in [5, 5.41) is 4.90. The third-order valence-corrected chi connectivity index (χ3v) is 8.49. The van der Waals surface area contributed by atoms with Crippen LogP contribution in [0.2, 0.25) is 0 Å². The van der Waals surface area contributed by atoms with Gasteiger partial charge in [-0.15, -0.1) is 0 Å². The number of amides is 5. The number of fused-ring (bicyclic) bond motifs is 1. The summed E-state index contributed by atoms with van der Waals surface area (Å²) in [6, 6.07) is 11.9. The van der Waals surface area contributed by atoms with E-state index in [9.17, 15) is 32.8 Å². The van der Waals surface area contributed by atoms with Gasteiger partial charge in [0, 0.05) is 63.1 Å². The summed E-state index contributed by atoms with van der Waals surface area (Å²) in [6.45, 7) is 2.39. The van der Waals surface area contributed by atoms with Gasteiger partial charge in [0.05, 0.1) is 5.56 Å². The van der Waals surface area contributed by atoms with E-state index < -0.39 is 35.6 Å². The number of carbonyl (C=O) groups is 5. The molecule has 14 heteroatoms. The first kappa shape index (κ1) is 32.4. The van der Waals surface area contributed by atoms with Gasteiger partial charge in [0.15, 0.2) is 11.6 Å². The van der Waals surface area contributed by atoms with E-state index in [2.05, 4.69) is 10.6 Å². The lowest BCUT2D eigenvalue weighted by Gasteiger charge is -2.32. The maximum absolute atomic E-state index is 13.8. The third-order valence-electron chi connectivity index (χ3n) is 8.49. The number of benzene rings is 3. The highest BCUT2D eigenvalue weighted by Gasteiger charge is 2.41. The van der Waals surface area contributed by atoms with E-state index in [1.165, 1.54) is 42.2 Å². The van der Waals surface area contributed by atoms with Gasteiger partial charge in [-0.3, -0.25) is 29.8 Å². The molecule has 3 heterocycles. The van der Waals surface area contributed by atoms with Crippen molar-refractivity contribution in [3.8, 4) is 17.2 Å². The second kappa shape index (κ2) is 13.7. The fourth-order valence-electron chi connectivity index (χ4n) is 5.95. The second-order valence-electron chi connectivity index (χ2n) is 11.7. The highest BCUT2D eigenvalue weighted by Crippen LogP contribution is 2.38. The fourth-order valence-corrected chi connectivity index (χ4v) is 5.95. The molecule has 48 heavy (non-hydrogen) atoms. The van der Waals surface area contributed by atoms with Crippen LogP contribution in [0, 0.1) is 11.6 Å². The van der Waals surface area contributed by atoms with Crippen LogP contribution in [0.4, 0.5) is 19.3 Å². The summed E-state index contributed by atoms with van der Waals surface area (Å²) >= 11 is 0. The third kappa shape index (κ3) is 7.06. The monoisotopic (exact) mass is 662 g/mol. The standard InChI is InChI=1S/C34H32F2N4O8/c1-19(41)39-14-12-24(13-15-39)48-31-21(3-2-20-17-40(33(44)30(20)31)28-10-11-29(42)38-32(28)43)18-46-34(45)37-22-4-6-23(7-5-22)47-25-8-9-26(35)27(36)16-25/h2-9,16,24,28H,10-15,17-18H2,1H3,(H,37,45)(H,38,42,43). The molecule has 0 aromatic heterocycles. The summed E-state index contributed by atoms with van der Waals surface area (Å²) in [6.07, 6.45) is 0.284. The van der Waals surface area contributed by atoms with Gasteiger partial charge in [0.25, 0.3) is 5.91 Å². The van der Waals surface area contributed by atoms with Gasteiger partial charge < -0.3 is 24.0 Å². The van der Waals surface area contributed by atoms with Crippen LogP contribution in [-0.2, 0) is 32.3 Å². The van der Waals surface area contributed by atoms with Crippen LogP contribution < -0.4 is 20.1 Å². The minimum atomic E-state index is -1.04. The molecule has 0 saturated carbocycles. The van der Waals surface area contributed by atoms with Gasteiger partial charge in [-0.1, -0.05) is 12.1 Å². The van der Waals surface area contributed by atoms with E-state index in [1.54, 1.807) is 17.0 Å². The van der Waals surface area contributed by atoms with Crippen molar-refractivity contribution < 1.29 is 47.0 Å². The molecule has 12 nitrogen and oxygen atoms in total. The van der Waals surface area contributed by atoms with Crippen molar-refractivity contribution in [3.63, 3.8) is 0 Å². The number of nitrogens with zero attached hydrogens (tertiary/aromatic N) is 2. The molecule has 3 aromatic carbocycles. The summed E-state index contributed by atoms with van der Waals surface area (Å²) in [5.41, 5.74) is 1.72. The second-order valence-corrected chi connectivity index (χ2v) is 11.7. The normalized spacial score (nSPS) is 17.9. The molecular weight excluding hydrogens is 630 g/mol. The van der Waals surface area contributed by atoms with Gasteiger partial charge >= 0.3 is 6.09 Å². The maximum atomic E-state index is 13.8. The Labute approximate surface area is 273 Å². The quantitative estimate of drug-likeness (QED) is 0.332. The Morgan fingerprint density at radius 1 is 0.938 bits per heavy atom. The molecule has 3 aromatic rings. The average Bonchev–Trinajstić information content (AvgIpc) is 3.39. The van der Waals surface area contributed by atoms with Crippen molar-refractivity contribution in [1.29, 1.82) is 0 Å². The van der Waals surface area contributed by atoms with Gasteiger partial charge in [-0.2, -0.15) is 0 Å². The Balaban J connectivity index is 1.15. The lowest BCUT2D eigenvalue weighted by atomic mass is 10.0. The van der Waals surface area contributed by atoms with E-state index in [0.29, 0.717) is 48.5 Å². The number of hydrogen-bond acceptors (Lipinski definition) is 8. The molecule has 2 saturated heterocycles. The number of piperidine rings is 2. The van der Waals surface area contributed by atoms with Gasteiger partial charge in [0.2, 0.25) is 17.7 Å². The van der Waals surface area contributed by atoms with Crippen molar-refractivity contribution in [2.45, 2.75) is 57.9 Å². The van der Waals surface area contributed by atoms with Crippen LogP contribution in [-0.4, -0.2) is 64.8 Å². The SMILES string of the molecule is CC(=O)N1CCC(Oc2c(COC(=O)Nc3ccc(Oc4ccc(F)c(F)c4)cc3)ccc3c2C(=O)N(C2CCC(=O)NC2=O)C3)CC1. The van der Waals surface area contributed by atoms with Crippen molar-refractivity contribution >= 4 is 35.4 Å². The lowest BCUT2D eigenvalue weighted by molar-refractivity contribution is -0.137. The molecule has 0 spiro atoms. The first-order valence-corrected chi connectivity index (χ1v) is 15.4. The van der Waals surface area contributed by atoms with Crippen LogP contribution in [0.1, 0.15) is 54.1 Å². The Bertz CT molecular complexity index is 1780. The molecule has 0 aliphatic carbocycles. The Kier molecular flexibility index (Phi) is 9.24. The Hall–Kier alpha value is -5.53. The van der Waals surface area contributed by atoms with E-state index in [4.69, 9.17) is 14.2 Å². The van der Waals surface area contributed by atoms with Crippen molar-refractivity contribution in [2.75, 3.05) is 18.4 Å². The Morgan fingerprint density at radius 2 is 1.67 bits per heavy atom.